The van der Waals surface area contributed by atoms with Crippen LogP contribution < -0.4 is 4.90 Å². The van der Waals surface area contributed by atoms with Crippen LogP contribution in [0.2, 0.25) is 0 Å². The monoisotopic (exact) mass is 293 g/mol. The van der Waals surface area contributed by atoms with E-state index in [9.17, 15) is 0 Å². The Labute approximate surface area is 130 Å². The number of benzene rings is 1. The van der Waals surface area contributed by atoms with E-state index in [1.54, 1.807) is 12.4 Å². The van der Waals surface area contributed by atoms with Crippen molar-refractivity contribution in [2.24, 2.45) is 0 Å². The Balaban J connectivity index is 1.53. The second-order valence-electron chi connectivity index (χ2n) is 5.40. The van der Waals surface area contributed by atoms with Gasteiger partial charge in [0.25, 0.3) is 0 Å². The van der Waals surface area contributed by atoms with E-state index in [1.807, 2.05) is 0 Å². The molecule has 2 aromatic rings. The van der Waals surface area contributed by atoms with Crippen LogP contribution in [0.4, 0.5) is 5.82 Å². The molecule has 0 bridgehead atoms. The van der Waals surface area contributed by atoms with E-state index in [2.05, 4.69) is 56.2 Å². The van der Waals surface area contributed by atoms with Crippen molar-refractivity contribution < 1.29 is 0 Å². The first kappa shape index (κ1) is 14.5. The maximum absolute atomic E-state index is 9.12. The lowest BCUT2D eigenvalue weighted by molar-refractivity contribution is 0.260. The van der Waals surface area contributed by atoms with Crippen LogP contribution in [0.15, 0.2) is 42.7 Å². The lowest BCUT2D eigenvalue weighted by atomic mass is 10.1. The maximum Gasteiger partial charge on any atom is 0.183 e. The molecular formula is C17H19N5. The molecule has 1 aromatic heterocycles. The third kappa shape index (κ3) is 3.41. The Morgan fingerprint density at radius 2 is 1.73 bits per heavy atom. The summed E-state index contributed by atoms with van der Waals surface area (Å²) in [6, 6.07) is 12.7. The minimum atomic E-state index is 0.417. The van der Waals surface area contributed by atoms with Gasteiger partial charge in [0, 0.05) is 45.1 Å². The van der Waals surface area contributed by atoms with Crippen molar-refractivity contribution in [1.82, 2.24) is 14.9 Å². The third-order valence-corrected chi connectivity index (χ3v) is 4.02. The van der Waals surface area contributed by atoms with Gasteiger partial charge in [0.1, 0.15) is 6.07 Å². The summed E-state index contributed by atoms with van der Waals surface area (Å²) in [5, 5.41) is 9.12. The average Bonchev–Trinajstić information content (AvgIpc) is 2.61. The predicted molar refractivity (Wildman–Crippen MR) is 85.5 cm³/mol. The van der Waals surface area contributed by atoms with Crippen LogP contribution in [0.5, 0.6) is 0 Å². The molecule has 1 fully saturated rings. The van der Waals surface area contributed by atoms with Crippen molar-refractivity contribution in [3.63, 3.8) is 0 Å². The van der Waals surface area contributed by atoms with Crippen LogP contribution in [0.1, 0.15) is 11.3 Å². The molecule has 112 valence electrons. The molecule has 0 unspecified atom stereocenters. The van der Waals surface area contributed by atoms with Gasteiger partial charge in [-0.25, -0.2) is 9.97 Å². The van der Waals surface area contributed by atoms with Crippen LogP contribution in [-0.2, 0) is 6.42 Å². The van der Waals surface area contributed by atoms with E-state index in [-0.39, 0.29) is 0 Å². The van der Waals surface area contributed by atoms with Gasteiger partial charge in [-0.2, -0.15) is 5.26 Å². The van der Waals surface area contributed by atoms with Crippen LogP contribution in [-0.4, -0.2) is 47.6 Å². The van der Waals surface area contributed by atoms with E-state index in [1.165, 1.54) is 5.56 Å². The number of piperazine rings is 1. The van der Waals surface area contributed by atoms with Crippen LogP contribution >= 0.6 is 0 Å². The molecule has 1 aliphatic heterocycles. The fraction of sp³-hybridized carbons (Fsp3) is 0.353. The average molecular weight is 293 g/mol. The first-order chi connectivity index (χ1) is 10.9. The van der Waals surface area contributed by atoms with Crippen LogP contribution in [0, 0.1) is 11.3 Å². The Kier molecular flexibility index (Phi) is 4.62. The molecule has 0 radical (unpaired) electrons. The Hall–Kier alpha value is -2.45. The van der Waals surface area contributed by atoms with Crippen LogP contribution in [0.25, 0.3) is 0 Å². The fourth-order valence-corrected chi connectivity index (χ4v) is 2.76. The van der Waals surface area contributed by atoms with Gasteiger partial charge in [-0.3, -0.25) is 4.90 Å². The van der Waals surface area contributed by atoms with Crippen LogP contribution in [0.3, 0.4) is 0 Å². The number of nitriles is 1. The summed E-state index contributed by atoms with van der Waals surface area (Å²) in [6.45, 7) is 4.84. The summed E-state index contributed by atoms with van der Waals surface area (Å²) in [6.07, 6.45) is 4.30. The fourth-order valence-electron chi connectivity index (χ4n) is 2.76. The van der Waals surface area contributed by atoms with Crippen molar-refractivity contribution in [1.29, 1.82) is 5.26 Å². The standard InChI is InChI=1S/C17H19N5/c18-14-16-17(20-8-7-19-16)22-12-10-21(11-13-22)9-6-15-4-2-1-3-5-15/h1-5,7-8H,6,9-13H2. The molecular weight excluding hydrogens is 274 g/mol. The smallest absolute Gasteiger partial charge is 0.183 e. The van der Waals surface area contributed by atoms with Gasteiger partial charge in [0.05, 0.1) is 0 Å². The lowest BCUT2D eigenvalue weighted by Gasteiger charge is -2.35. The van der Waals surface area contributed by atoms with Crippen molar-refractivity contribution in [3.8, 4) is 6.07 Å². The molecule has 2 heterocycles. The Bertz CT molecular complexity index is 642. The molecule has 1 aliphatic rings. The maximum atomic E-state index is 9.12. The van der Waals surface area contributed by atoms with Gasteiger partial charge in [0.15, 0.2) is 11.5 Å². The second-order valence-corrected chi connectivity index (χ2v) is 5.40. The zero-order valence-corrected chi connectivity index (χ0v) is 12.5. The van der Waals surface area contributed by atoms with Crippen molar-refractivity contribution in [3.05, 3.63) is 54.0 Å². The van der Waals surface area contributed by atoms with E-state index in [0.29, 0.717) is 11.5 Å². The molecule has 1 aromatic carbocycles. The van der Waals surface area contributed by atoms with E-state index < -0.39 is 0 Å². The largest absolute Gasteiger partial charge is 0.352 e. The molecule has 3 rings (SSSR count). The topological polar surface area (TPSA) is 56.1 Å². The minimum Gasteiger partial charge on any atom is -0.352 e. The number of hydrogen-bond acceptors (Lipinski definition) is 5. The number of hydrogen-bond donors (Lipinski definition) is 0. The summed E-state index contributed by atoms with van der Waals surface area (Å²) >= 11 is 0. The van der Waals surface area contributed by atoms with Crippen molar-refractivity contribution >= 4 is 5.82 Å². The highest BCUT2D eigenvalue weighted by molar-refractivity contribution is 5.49. The molecule has 0 N–H and O–H groups in total. The van der Waals surface area contributed by atoms with Gasteiger partial charge in [-0.15, -0.1) is 0 Å². The van der Waals surface area contributed by atoms with Crippen molar-refractivity contribution in [2.45, 2.75) is 6.42 Å². The molecule has 22 heavy (non-hydrogen) atoms. The Morgan fingerprint density at radius 3 is 2.45 bits per heavy atom. The molecule has 0 amide bonds. The highest BCUT2D eigenvalue weighted by Gasteiger charge is 2.20. The third-order valence-electron chi connectivity index (χ3n) is 4.02. The molecule has 5 nitrogen and oxygen atoms in total. The minimum absolute atomic E-state index is 0.417. The first-order valence-corrected chi connectivity index (χ1v) is 7.59. The number of anilines is 1. The normalized spacial score (nSPS) is 15.5. The lowest BCUT2D eigenvalue weighted by Crippen LogP contribution is -2.47. The number of nitrogens with zero attached hydrogens (tertiary/aromatic N) is 5. The first-order valence-electron chi connectivity index (χ1n) is 7.59. The molecule has 0 atom stereocenters. The van der Waals surface area contributed by atoms with Gasteiger partial charge in [0.2, 0.25) is 0 Å². The number of rotatable bonds is 4. The van der Waals surface area contributed by atoms with Gasteiger partial charge in [-0.1, -0.05) is 30.3 Å². The zero-order valence-electron chi connectivity index (χ0n) is 12.5. The summed E-state index contributed by atoms with van der Waals surface area (Å²) in [7, 11) is 0. The summed E-state index contributed by atoms with van der Waals surface area (Å²) in [4.78, 5) is 13.0. The highest BCUT2D eigenvalue weighted by atomic mass is 15.3. The number of aromatic nitrogens is 2. The summed E-state index contributed by atoms with van der Waals surface area (Å²) < 4.78 is 0. The Morgan fingerprint density at radius 1 is 1.00 bits per heavy atom. The molecule has 5 heteroatoms. The SMILES string of the molecule is N#Cc1nccnc1N1CCN(CCc2ccccc2)CC1. The molecule has 0 aliphatic carbocycles. The zero-order chi connectivity index (χ0) is 15.2. The summed E-state index contributed by atoms with van der Waals surface area (Å²) in [5.74, 6) is 0.715. The molecule has 1 saturated heterocycles. The van der Waals surface area contributed by atoms with Gasteiger partial charge < -0.3 is 4.90 Å². The van der Waals surface area contributed by atoms with E-state index >= 15 is 0 Å². The van der Waals surface area contributed by atoms with E-state index in [0.717, 1.165) is 39.1 Å². The van der Waals surface area contributed by atoms with Gasteiger partial charge in [-0.05, 0) is 12.0 Å². The highest BCUT2D eigenvalue weighted by Crippen LogP contribution is 2.16. The van der Waals surface area contributed by atoms with Gasteiger partial charge >= 0.3 is 0 Å². The second kappa shape index (κ2) is 7.01. The van der Waals surface area contributed by atoms with E-state index in [4.69, 9.17) is 5.26 Å². The quantitative estimate of drug-likeness (QED) is 0.859. The van der Waals surface area contributed by atoms with Crippen molar-refractivity contribution in [2.75, 3.05) is 37.6 Å². The predicted octanol–water partition coefficient (Wildman–Crippen LogP) is 1.71. The molecule has 0 saturated carbocycles. The summed E-state index contributed by atoms with van der Waals surface area (Å²) in [5.41, 5.74) is 1.80. The molecule has 0 spiro atoms.